The van der Waals surface area contributed by atoms with Gasteiger partial charge in [0.15, 0.2) is 29.2 Å². The number of ether oxygens (including phenoxy) is 8. The summed E-state index contributed by atoms with van der Waals surface area (Å²) in [6, 6.07) is 0. The summed E-state index contributed by atoms with van der Waals surface area (Å²) in [6.07, 6.45) is -11.7. The Morgan fingerprint density at radius 2 is 1.37 bits per heavy atom. The van der Waals surface area contributed by atoms with Gasteiger partial charge in [-0.1, -0.05) is 34.6 Å². The summed E-state index contributed by atoms with van der Waals surface area (Å²) in [5.41, 5.74) is -8.17. The molecule has 4 fully saturated rings. The number of rotatable bonds is 8. The molecule has 2 aliphatic heterocycles. The molecular formula is C36H52O16. The molecule has 4 rings (SSSR count). The van der Waals surface area contributed by atoms with Crippen molar-refractivity contribution in [1.82, 2.24) is 0 Å². The zero-order chi connectivity index (χ0) is 39.3. The molecule has 0 amide bonds. The van der Waals surface area contributed by atoms with Crippen LogP contribution in [0.15, 0.2) is 0 Å². The lowest BCUT2D eigenvalue weighted by atomic mass is 9.65. The minimum Gasteiger partial charge on any atom is -0.459 e. The van der Waals surface area contributed by atoms with Crippen molar-refractivity contribution < 1.29 is 76.6 Å². The van der Waals surface area contributed by atoms with E-state index in [9.17, 15) is 33.9 Å². The Bertz CT molecular complexity index is 1470. The maximum atomic E-state index is 15.2. The second-order valence-electron chi connectivity index (χ2n) is 15.8. The molecule has 12 unspecified atom stereocenters. The monoisotopic (exact) mass is 740 g/mol. The molecule has 2 saturated heterocycles. The SMILES string of the molecule is CC(=O)OC1C2OC(=O)CCC(O)(C1OCC(C)C)C(OC(C)=O)C1C(OC(C)=O)C(C)(OC(C)=O)CC1(OC(C)=O)C(=O)C(C)C1OC1C2(C)C. The van der Waals surface area contributed by atoms with Gasteiger partial charge < -0.3 is 43.0 Å². The van der Waals surface area contributed by atoms with Crippen molar-refractivity contribution in [1.29, 1.82) is 0 Å². The first-order valence-corrected chi connectivity index (χ1v) is 17.5. The van der Waals surface area contributed by atoms with E-state index < -0.39 is 138 Å². The van der Waals surface area contributed by atoms with Gasteiger partial charge in [-0.2, -0.15) is 0 Å². The lowest BCUT2D eigenvalue weighted by molar-refractivity contribution is -0.268. The fourth-order valence-electron chi connectivity index (χ4n) is 8.58. The predicted molar refractivity (Wildman–Crippen MR) is 175 cm³/mol. The van der Waals surface area contributed by atoms with Crippen LogP contribution in [0.2, 0.25) is 0 Å². The van der Waals surface area contributed by atoms with Crippen LogP contribution >= 0.6 is 0 Å². The van der Waals surface area contributed by atoms with Gasteiger partial charge in [0.25, 0.3) is 0 Å². The first-order valence-electron chi connectivity index (χ1n) is 17.5. The van der Waals surface area contributed by atoms with Crippen LogP contribution in [-0.2, 0) is 71.5 Å². The van der Waals surface area contributed by atoms with E-state index in [1.165, 1.54) is 13.8 Å². The first-order chi connectivity index (χ1) is 23.9. The Kier molecular flexibility index (Phi) is 11.6. The van der Waals surface area contributed by atoms with Gasteiger partial charge in [-0.25, -0.2) is 0 Å². The topological polar surface area (TPSA) is 217 Å². The van der Waals surface area contributed by atoms with Crippen LogP contribution in [0.1, 0.15) is 95.4 Å². The number of hydrogen-bond acceptors (Lipinski definition) is 16. The van der Waals surface area contributed by atoms with Gasteiger partial charge in [0, 0.05) is 65.4 Å². The number of esters is 6. The molecule has 12 atom stereocenters. The second kappa shape index (κ2) is 14.7. The summed E-state index contributed by atoms with van der Waals surface area (Å²) in [5, 5.41) is 13.4. The molecule has 0 radical (unpaired) electrons. The Balaban J connectivity index is 2.21. The van der Waals surface area contributed by atoms with E-state index in [1.807, 2.05) is 13.8 Å². The van der Waals surface area contributed by atoms with Crippen molar-refractivity contribution >= 4 is 41.6 Å². The van der Waals surface area contributed by atoms with Gasteiger partial charge in [-0.15, -0.1) is 0 Å². The summed E-state index contributed by atoms with van der Waals surface area (Å²) in [7, 11) is 0. The molecule has 292 valence electrons. The van der Waals surface area contributed by atoms with Crippen LogP contribution in [0.3, 0.4) is 0 Å². The number of carbonyl (C=O) groups is 7. The van der Waals surface area contributed by atoms with Crippen molar-refractivity contribution in [3.05, 3.63) is 0 Å². The van der Waals surface area contributed by atoms with Crippen LogP contribution in [0.5, 0.6) is 0 Å². The van der Waals surface area contributed by atoms with Gasteiger partial charge >= 0.3 is 35.8 Å². The third-order valence-corrected chi connectivity index (χ3v) is 10.5. The first kappa shape index (κ1) is 41.1. The number of hydrogen-bond donors (Lipinski definition) is 1. The second-order valence-corrected chi connectivity index (χ2v) is 15.8. The van der Waals surface area contributed by atoms with Crippen molar-refractivity contribution in [2.24, 2.45) is 23.2 Å². The average molecular weight is 741 g/mol. The molecule has 0 aromatic rings. The lowest BCUT2D eigenvalue weighted by Crippen LogP contribution is -2.70. The molecule has 0 spiro atoms. The van der Waals surface area contributed by atoms with E-state index in [1.54, 1.807) is 13.8 Å². The highest BCUT2D eigenvalue weighted by molar-refractivity contribution is 5.93. The van der Waals surface area contributed by atoms with Crippen LogP contribution < -0.4 is 0 Å². The van der Waals surface area contributed by atoms with Crippen molar-refractivity contribution in [3.8, 4) is 0 Å². The molecule has 0 aromatic carbocycles. The minimum atomic E-state index is -2.59. The van der Waals surface area contributed by atoms with Crippen molar-refractivity contribution in [3.63, 3.8) is 0 Å². The summed E-state index contributed by atoms with van der Waals surface area (Å²) in [5.74, 6) is -9.23. The summed E-state index contributed by atoms with van der Waals surface area (Å²) in [4.78, 5) is 93.5. The maximum absolute atomic E-state index is 15.2. The van der Waals surface area contributed by atoms with Gasteiger partial charge in [0.2, 0.25) is 0 Å². The normalized spacial score (nSPS) is 39.6. The molecule has 52 heavy (non-hydrogen) atoms. The zero-order valence-corrected chi connectivity index (χ0v) is 31.7. The number of epoxide rings is 1. The van der Waals surface area contributed by atoms with E-state index >= 15 is 4.79 Å². The molecule has 4 aliphatic rings. The van der Waals surface area contributed by atoms with E-state index in [2.05, 4.69) is 0 Å². The third-order valence-electron chi connectivity index (χ3n) is 10.5. The predicted octanol–water partition coefficient (Wildman–Crippen LogP) is 1.92. The molecule has 16 nitrogen and oxygen atoms in total. The van der Waals surface area contributed by atoms with E-state index in [-0.39, 0.29) is 12.5 Å². The van der Waals surface area contributed by atoms with Crippen molar-refractivity contribution in [2.45, 2.75) is 155 Å². The van der Waals surface area contributed by atoms with Crippen LogP contribution in [0.25, 0.3) is 0 Å². The van der Waals surface area contributed by atoms with Crippen LogP contribution in [-0.4, -0.2) is 113 Å². The number of Topliss-reactive ketones (excluding diaryl/α,β-unsaturated/α-hetero) is 1. The van der Waals surface area contributed by atoms with Gasteiger partial charge in [-0.05, 0) is 19.3 Å². The van der Waals surface area contributed by atoms with E-state index in [0.717, 1.165) is 34.6 Å². The number of carbonyl (C=O) groups excluding carboxylic acids is 7. The van der Waals surface area contributed by atoms with E-state index in [4.69, 9.17) is 37.9 Å². The molecule has 2 heterocycles. The Hall–Kier alpha value is -3.63. The van der Waals surface area contributed by atoms with Gasteiger partial charge in [0.1, 0.15) is 23.9 Å². The molecule has 2 aliphatic carbocycles. The Morgan fingerprint density at radius 3 is 1.88 bits per heavy atom. The highest BCUT2D eigenvalue weighted by Gasteiger charge is 2.76. The summed E-state index contributed by atoms with van der Waals surface area (Å²) >= 11 is 0. The van der Waals surface area contributed by atoms with Crippen LogP contribution in [0, 0.1) is 23.2 Å². The smallest absolute Gasteiger partial charge is 0.306 e. The molecular weight excluding hydrogens is 688 g/mol. The number of aliphatic hydroxyl groups is 1. The molecule has 16 heteroatoms. The highest BCUT2D eigenvalue weighted by Crippen LogP contribution is 2.58. The van der Waals surface area contributed by atoms with Crippen LogP contribution in [0.4, 0.5) is 0 Å². The maximum Gasteiger partial charge on any atom is 0.306 e. The Labute approximate surface area is 302 Å². The fourth-order valence-corrected chi connectivity index (χ4v) is 8.58. The standard InChI is InChI=1S/C36H52O16/c1-16(2)14-45-32-26(46-18(4)37)31-33(9,10)30-25(50-30)17(3)27(43)36(52-22(8)41)15-34(11,51-21(7)40)28(47-19(5)38)24(36)29(48-20(6)39)35(32,44)13-12-23(42)49-31/h16-17,24-26,28-32,44H,12-15H2,1-11H3. The average Bonchev–Trinajstić information content (AvgIpc) is 3.76. The summed E-state index contributed by atoms with van der Waals surface area (Å²) < 4.78 is 48.1. The zero-order valence-electron chi connectivity index (χ0n) is 31.7. The van der Waals surface area contributed by atoms with Gasteiger partial charge in [-0.3, -0.25) is 33.6 Å². The highest BCUT2D eigenvalue weighted by atomic mass is 16.6. The van der Waals surface area contributed by atoms with Crippen molar-refractivity contribution in [2.75, 3.05) is 6.61 Å². The Morgan fingerprint density at radius 1 is 0.808 bits per heavy atom. The van der Waals surface area contributed by atoms with Gasteiger partial charge in [0.05, 0.1) is 18.1 Å². The largest absolute Gasteiger partial charge is 0.459 e. The number of fused-ring (bicyclic) bond motifs is 5. The number of ketones is 1. The lowest BCUT2D eigenvalue weighted by Gasteiger charge is -2.52. The minimum absolute atomic E-state index is 0.0601. The quantitative estimate of drug-likeness (QED) is 0.214. The molecule has 0 aromatic heterocycles. The van der Waals surface area contributed by atoms with E-state index in [0.29, 0.717) is 0 Å². The third kappa shape index (κ3) is 7.70. The molecule has 1 N–H and O–H groups in total. The molecule has 2 saturated carbocycles. The molecule has 2 bridgehead atoms. The summed E-state index contributed by atoms with van der Waals surface area (Å²) in [6.45, 7) is 15.2. The fraction of sp³-hybridized carbons (Fsp3) is 0.806.